The first-order valence-electron chi connectivity index (χ1n) is 16.1. The van der Waals surface area contributed by atoms with Crippen molar-refractivity contribution >= 4 is 47.4 Å². The van der Waals surface area contributed by atoms with E-state index in [0.717, 1.165) is 34.6 Å². The normalized spacial score (nSPS) is 31.3. The summed E-state index contributed by atoms with van der Waals surface area (Å²) in [7, 11) is 0. The maximum atomic E-state index is 14.9. The molecule has 0 radical (unpaired) electrons. The summed E-state index contributed by atoms with van der Waals surface area (Å²) in [6.07, 6.45) is -3.19. The highest BCUT2D eigenvalue weighted by molar-refractivity contribution is 5.96. The van der Waals surface area contributed by atoms with Crippen LogP contribution < -0.4 is 0 Å². The van der Waals surface area contributed by atoms with Crippen molar-refractivity contribution in [1.82, 2.24) is 0 Å². The standard InChI is InChI=1S/C36H48O14/c1-13-18(2)33(44)49-29-28(47-23(7)39)20(4)27(46-22(6)38)26-32(48-24(8)40)35(12,50-25(9)41)16-36(26,17-45-21(5)37)30(42)19(3)14-15-34(10,11)31(29)43/h13-15,19,26-29,32H,4,16-17H2,1-3,5-12H3. The third kappa shape index (κ3) is 9.13. The average Bonchev–Trinajstić information content (AvgIpc) is 3.23. The maximum Gasteiger partial charge on any atom is 0.334 e. The molecule has 276 valence electrons. The van der Waals surface area contributed by atoms with Crippen LogP contribution in [0.2, 0.25) is 0 Å². The Bertz CT molecular complexity index is 1500. The van der Waals surface area contributed by atoms with Crippen LogP contribution in [0.3, 0.4) is 0 Å². The Morgan fingerprint density at radius 3 is 1.80 bits per heavy atom. The molecule has 50 heavy (non-hydrogen) atoms. The van der Waals surface area contributed by atoms with E-state index < -0.39 is 113 Å². The number of ether oxygens (including phenoxy) is 6. The SMILES string of the molecule is C=C1C(OC(C)=O)C(OC(=O)C(C)=CC)C(=O)C(C)(C)C=CC(C)C(=O)C2(COC(C)=O)CC(C)(OC(C)=O)C(OC(C)=O)C2C1OC(C)=O. The Labute approximate surface area is 291 Å². The number of Topliss-reactive ketones (excluding diaryl/α,β-unsaturated/α-hetero) is 2. The second kappa shape index (κ2) is 15.9. The molecule has 2 aliphatic carbocycles. The van der Waals surface area contributed by atoms with Crippen molar-refractivity contribution in [2.24, 2.45) is 22.7 Å². The predicted octanol–water partition coefficient (Wildman–Crippen LogP) is 3.48. The third-order valence-corrected chi connectivity index (χ3v) is 8.94. The summed E-state index contributed by atoms with van der Waals surface area (Å²) < 4.78 is 34.2. The van der Waals surface area contributed by atoms with Gasteiger partial charge in [-0.2, -0.15) is 0 Å². The van der Waals surface area contributed by atoms with Gasteiger partial charge in [0.1, 0.15) is 30.2 Å². The zero-order valence-corrected chi connectivity index (χ0v) is 30.5. The van der Waals surface area contributed by atoms with Crippen LogP contribution in [0.4, 0.5) is 0 Å². The lowest BCUT2D eigenvalue weighted by Gasteiger charge is -2.43. The van der Waals surface area contributed by atoms with Crippen LogP contribution in [-0.4, -0.2) is 84.0 Å². The number of rotatable bonds is 8. The van der Waals surface area contributed by atoms with Crippen LogP contribution in [0, 0.1) is 22.7 Å². The van der Waals surface area contributed by atoms with E-state index in [9.17, 15) is 38.4 Å². The lowest BCUT2D eigenvalue weighted by atomic mass is 9.66. The minimum absolute atomic E-state index is 0.114. The van der Waals surface area contributed by atoms with Crippen LogP contribution in [0.5, 0.6) is 0 Å². The predicted molar refractivity (Wildman–Crippen MR) is 175 cm³/mol. The summed E-state index contributed by atoms with van der Waals surface area (Å²) in [5.41, 5.74) is -5.44. The van der Waals surface area contributed by atoms with Gasteiger partial charge in [-0.15, -0.1) is 0 Å². The first kappa shape index (κ1) is 41.6. The van der Waals surface area contributed by atoms with Crippen LogP contribution in [0.25, 0.3) is 0 Å². The Hall–Kier alpha value is -4.62. The average molecular weight is 705 g/mol. The van der Waals surface area contributed by atoms with Crippen molar-refractivity contribution in [3.05, 3.63) is 36.0 Å². The van der Waals surface area contributed by atoms with E-state index in [1.807, 2.05) is 0 Å². The van der Waals surface area contributed by atoms with Crippen molar-refractivity contribution in [2.45, 2.75) is 113 Å². The van der Waals surface area contributed by atoms with Gasteiger partial charge in [-0.1, -0.05) is 31.7 Å². The molecule has 1 fully saturated rings. The molecule has 0 spiro atoms. The van der Waals surface area contributed by atoms with E-state index in [0.29, 0.717) is 0 Å². The summed E-state index contributed by atoms with van der Waals surface area (Å²) in [6, 6.07) is 0. The number of allylic oxidation sites excluding steroid dienone is 3. The largest absolute Gasteiger partial charge is 0.465 e. The number of ketones is 2. The summed E-state index contributed by atoms with van der Waals surface area (Å²) in [5, 5.41) is 0. The van der Waals surface area contributed by atoms with E-state index in [2.05, 4.69) is 6.58 Å². The molecule has 2 aliphatic rings. The molecule has 14 heteroatoms. The number of hydrogen-bond acceptors (Lipinski definition) is 14. The number of esters is 6. The highest BCUT2D eigenvalue weighted by Gasteiger charge is 2.70. The fourth-order valence-electron chi connectivity index (χ4n) is 6.65. The van der Waals surface area contributed by atoms with Crippen LogP contribution >= 0.6 is 0 Å². The molecule has 0 amide bonds. The highest BCUT2D eigenvalue weighted by Crippen LogP contribution is 2.57. The summed E-state index contributed by atoms with van der Waals surface area (Å²) in [6.45, 7) is 17.7. The Morgan fingerprint density at radius 1 is 0.780 bits per heavy atom. The molecule has 14 nitrogen and oxygen atoms in total. The quantitative estimate of drug-likeness (QED) is 0.154. The number of carbonyl (C=O) groups excluding carboxylic acids is 8. The number of fused-ring (bicyclic) bond motifs is 1. The molecule has 8 unspecified atom stereocenters. The monoisotopic (exact) mass is 704 g/mol. The van der Waals surface area contributed by atoms with Gasteiger partial charge in [0.15, 0.2) is 11.9 Å². The molecule has 0 aromatic heterocycles. The fraction of sp³-hybridized carbons (Fsp3) is 0.611. The van der Waals surface area contributed by atoms with Gasteiger partial charge in [0.25, 0.3) is 0 Å². The van der Waals surface area contributed by atoms with Gasteiger partial charge in [-0.25, -0.2) is 4.79 Å². The zero-order chi connectivity index (χ0) is 38.5. The van der Waals surface area contributed by atoms with Gasteiger partial charge in [-0.3, -0.25) is 33.6 Å². The van der Waals surface area contributed by atoms with Crippen molar-refractivity contribution in [3.63, 3.8) is 0 Å². The van der Waals surface area contributed by atoms with E-state index in [1.54, 1.807) is 6.92 Å². The molecule has 0 aliphatic heterocycles. The van der Waals surface area contributed by atoms with E-state index in [1.165, 1.54) is 52.8 Å². The summed E-state index contributed by atoms with van der Waals surface area (Å²) in [4.78, 5) is 105. The van der Waals surface area contributed by atoms with Gasteiger partial charge in [-0.05, 0) is 34.6 Å². The smallest absolute Gasteiger partial charge is 0.334 e. The molecular formula is C36H48O14. The van der Waals surface area contributed by atoms with Crippen molar-refractivity contribution in [3.8, 4) is 0 Å². The topological polar surface area (TPSA) is 192 Å². The summed E-state index contributed by atoms with van der Waals surface area (Å²) >= 11 is 0. The number of hydrogen-bond donors (Lipinski definition) is 0. The molecule has 0 N–H and O–H groups in total. The van der Waals surface area contributed by atoms with E-state index in [4.69, 9.17) is 28.4 Å². The highest BCUT2D eigenvalue weighted by atomic mass is 16.6. The first-order chi connectivity index (χ1) is 22.9. The molecule has 0 aromatic carbocycles. The Balaban J connectivity index is 3.23. The Kier molecular flexibility index (Phi) is 13.2. The van der Waals surface area contributed by atoms with Crippen molar-refractivity contribution in [2.75, 3.05) is 6.61 Å². The van der Waals surface area contributed by atoms with Gasteiger partial charge in [0.2, 0.25) is 6.10 Å². The third-order valence-electron chi connectivity index (χ3n) is 8.94. The molecule has 0 aromatic rings. The lowest BCUT2D eigenvalue weighted by Crippen LogP contribution is -2.56. The second-order valence-corrected chi connectivity index (χ2v) is 13.6. The minimum Gasteiger partial charge on any atom is -0.465 e. The molecule has 2 rings (SSSR count). The van der Waals surface area contributed by atoms with Crippen LogP contribution in [0.1, 0.15) is 82.6 Å². The van der Waals surface area contributed by atoms with Gasteiger partial charge < -0.3 is 28.4 Å². The van der Waals surface area contributed by atoms with Crippen molar-refractivity contribution < 1.29 is 66.8 Å². The molecule has 0 saturated heterocycles. The summed E-state index contributed by atoms with van der Waals surface area (Å²) in [5.74, 6) is -9.27. The fourth-order valence-corrected chi connectivity index (χ4v) is 6.65. The number of carbonyl (C=O) groups is 8. The van der Waals surface area contributed by atoms with Crippen LogP contribution in [-0.2, 0) is 66.8 Å². The molecule has 0 bridgehead atoms. The van der Waals surface area contributed by atoms with Gasteiger partial charge in [0.05, 0.1) is 11.3 Å². The molecule has 8 atom stereocenters. The molecule has 0 heterocycles. The minimum atomic E-state index is -1.94. The van der Waals surface area contributed by atoms with Crippen LogP contribution in [0.15, 0.2) is 36.0 Å². The second-order valence-electron chi connectivity index (χ2n) is 13.6. The molecular weight excluding hydrogens is 656 g/mol. The van der Waals surface area contributed by atoms with Crippen molar-refractivity contribution in [1.29, 1.82) is 0 Å². The Morgan fingerprint density at radius 2 is 1.32 bits per heavy atom. The first-order valence-corrected chi connectivity index (χ1v) is 16.1. The van der Waals surface area contributed by atoms with E-state index >= 15 is 0 Å². The van der Waals surface area contributed by atoms with E-state index in [-0.39, 0.29) is 11.1 Å². The molecule has 1 saturated carbocycles. The van der Waals surface area contributed by atoms with Gasteiger partial charge >= 0.3 is 35.8 Å². The zero-order valence-electron chi connectivity index (χ0n) is 30.5. The van der Waals surface area contributed by atoms with Gasteiger partial charge in [0, 0.05) is 63.5 Å². The maximum absolute atomic E-state index is 14.9. The lowest BCUT2D eigenvalue weighted by molar-refractivity contribution is -0.186.